The highest BCUT2D eigenvalue weighted by Crippen LogP contribution is 2.24. The van der Waals surface area contributed by atoms with E-state index in [0.717, 1.165) is 5.56 Å². The number of methoxy groups -OCH3 is 1. The molecule has 0 radical (unpaired) electrons. The summed E-state index contributed by atoms with van der Waals surface area (Å²) in [6.45, 7) is 1.58. The van der Waals surface area contributed by atoms with Crippen LogP contribution in [0, 0.1) is 0 Å². The van der Waals surface area contributed by atoms with Crippen LogP contribution in [-0.4, -0.2) is 24.9 Å². The molecule has 0 aliphatic rings. The Hall–Kier alpha value is -3.84. The number of halogens is 1. The largest absolute Gasteiger partial charge is 0.496 e. The molecule has 0 unspecified atom stereocenters. The predicted molar refractivity (Wildman–Crippen MR) is 121 cm³/mol. The van der Waals surface area contributed by atoms with Crippen LogP contribution < -0.4 is 20.1 Å². The van der Waals surface area contributed by atoms with Crippen LogP contribution in [0.5, 0.6) is 11.5 Å². The van der Waals surface area contributed by atoms with E-state index in [9.17, 15) is 14.4 Å². The van der Waals surface area contributed by atoms with Gasteiger partial charge in [-0.25, -0.2) is 0 Å². The molecule has 3 aromatic carbocycles. The lowest BCUT2D eigenvalue weighted by atomic mass is 10.1. The number of esters is 1. The monoisotopic (exact) mass is 452 g/mol. The van der Waals surface area contributed by atoms with Gasteiger partial charge in [-0.05, 0) is 54.1 Å². The van der Waals surface area contributed by atoms with Crippen LogP contribution in [0.4, 0.5) is 5.69 Å². The zero-order valence-electron chi connectivity index (χ0n) is 17.5. The van der Waals surface area contributed by atoms with Crippen LogP contribution in [0.25, 0.3) is 0 Å². The van der Waals surface area contributed by atoms with E-state index in [1.165, 1.54) is 26.2 Å². The van der Waals surface area contributed by atoms with E-state index in [-0.39, 0.29) is 18.4 Å². The molecular formula is C24H21ClN2O5. The zero-order chi connectivity index (χ0) is 23.1. The van der Waals surface area contributed by atoms with E-state index in [0.29, 0.717) is 33.3 Å². The molecule has 0 saturated carbocycles. The Bertz CT molecular complexity index is 1150. The summed E-state index contributed by atoms with van der Waals surface area (Å²) < 4.78 is 10.2. The Labute approximate surface area is 190 Å². The van der Waals surface area contributed by atoms with E-state index < -0.39 is 5.97 Å². The van der Waals surface area contributed by atoms with E-state index in [1.807, 2.05) is 0 Å². The molecule has 0 aromatic heterocycles. The fourth-order valence-electron chi connectivity index (χ4n) is 2.91. The second-order valence-electron chi connectivity index (χ2n) is 6.80. The third-order valence-corrected chi connectivity index (χ3v) is 4.66. The molecule has 0 saturated heterocycles. The Balaban J connectivity index is 1.59. The molecule has 0 spiro atoms. The predicted octanol–water partition coefficient (Wildman–Crippen LogP) is 4.46. The second-order valence-corrected chi connectivity index (χ2v) is 7.24. The molecule has 0 bridgehead atoms. The zero-order valence-corrected chi connectivity index (χ0v) is 18.2. The molecule has 164 valence electrons. The van der Waals surface area contributed by atoms with Crippen LogP contribution in [0.15, 0.2) is 66.7 Å². The summed E-state index contributed by atoms with van der Waals surface area (Å²) in [6, 6.07) is 18.2. The third kappa shape index (κ3) is 6.09. The van der Waals surface area contributed by atoms with E-state index in [4.69, 9.17) is 21.1 Å². The van der Waals surface area contributed by atoms with Crippen LogP contribution in [-0.2, 0) is 11.3 Å². The van der Waals surface area contributed by atoms with Crippen LogP contribution in [0.2, 0.25) is 5.02 Å². The van der Waals surface area contributed by atoms with Gasteiger partial charge in [-0.2, -0.15) is 0 Å². The van der Waals surface area contributed by atoms with E-state index in [2.05, 4.69) is 10.6 Å². The maximum absolute atomic E-state index is 12.6. The van der Waals surface area contributed by atoms with Gasteiger partial charge >= 0.3 is 5.97 Å². The van der Waals surface area contributed by atoms with Gasteiger partial charge in [-0.15, -0.1) is 0 Å². The summed E-state index contributed by atoms with van der Waals surface area (Å²) in [5.41, 5.74) is 2.13. The molecule has 0 heterocycles. The van der Waals surface area contributed by atoms with Crippen molar-refractivity contribution in [1.82, 2.24) is 5.32 Å². The molecule has 0 fully saturated rings. The molecule has 7 nitrogen and oxygen atoms in total. The topological polar surface area (TPSA) is 93.7 Å². The molecule has 0 aliphatic carbocycles. The molecule has 3 rings (SSSR count). The Morgan fingerprint density at radius 3 is 2.38 bits per heavy atom. The van der Waals surface area contributed by atoms with Crippen molar-refractivity contribution in [2.24, 2.45) is 0 Å². The highest BCUT2D eigenvalue weighted by Gasteiger charge is 2.13. The third-order valence-electron chi connectivity index (χ3n) is 4.43. The smallest absolute Gasteiger partial charge is 0.308 e. The molecule has 2 amide bonds. The number of carbonyl (C=O) groups excluding carboxylic acids is 3. The highest BCUT2D eigenvalue weighted by atomic mass is 35.5. The summed E-state index contributed by atoms with van der Waals surface area (Å²) in [7, 11) is 1.48. The molecule has 2 N–H and O–H groups in total. The Morgan fingerprint density at radius 1 is 0.938 bits per heavy atom. The van der Waals surface area contributed by atoms with Crippen molar-refractivity contribution in [2.75, 3.05) is 12.4 Å². The number of hydrogen-bond acceptors (Lipinski definition) is 5. The van der Waals surface area contributed by atoms with Crippen molar-refractivity contribution in [3.63, 3.8) is 0 Å². The van der Waals surface area contributed by atoms with Crippen molar-refractivity contribution in [1.29, 1.82) is 0 Å². The summed E-state index contributed by atoms with van der Waals surface area (Å²) in [5, 5.41) is 6.03. The number of carbonyl (C=O) groups is 3. The molecular weight excluding hydrogens is 432 g/mol. The molecule has 0 atom stereocenters. The minimum atomic E-state index is -0.455. The average molecular weight is 453 g/mol. The Kier molecular flexibility index (Phi) is 7.46. The number of nitrogens with one attached hydrogen (secondary N) is 2. The normalized spacial score (nSPS) is 10.2. The lowest BCUT2D eigenvalue weighted by molar-refractivity contribution is -0.131. The van der Waals surface area contributed by atoms with Gasteiger partial charge in [0.1, 0.15) is 11.5 Å². The molecule has 8 heteroatoms. The Morgan fingerprint density at radius 2 is 1.69 bits per heavy atom. The van der Waals surface area contributed by atoms with Gasteiger partial charge in [0, 0.05) is 29.7 Å². The first-order valence-electron chi connectivity index (χ1n) is 9.66. The second kappa shape index (κ2) is 10.5. The maximum atomic E-state index is 12.6. The first-order valence-corrected chi connectivity index (χ1v) is 10.0. The SMILES string of the molecule is COc1ccc(Cl)cc1C(=O)Nc1ccc(CNC(=O)c2cccc(OC(C)=O)c2)cc1. The molecule has 3 aromatic rings. The molecule has 32 heavy (non-hydrogen) atoms. The van der Waals surface area contributed by atoms with Gasteiger partial charge in [0.05, 0.1) is 12.7 Å². The fourth-order valence-corrected chi connectivity index (χ4v) is 3.09. The van der Waals surface area contributed by atoms with Crippen molar-refractivity contribution >= 4 is 35.1 Å². The first kappa shape index (κ1) is 22.8. The van der Waals surface area contributed by atoms with Crippen molar-refractivity contribution in [3.8, 4) is 11.5 Å². The minimum Gasteiger partial charge on any atom is -0.496 e. The number of rotatable bonds is 7. The first-order chi connectivity index (χ1) is 15.4. The quantitative estimate of drug-likeness (QED) is 0.408. The summed E-state index contributed by atoms with van der Waals surface area (Å²) in [4.78, 5) is 36.0. The minimum absolute atomic E-state index is 0.285. The van der Waals surface area contributed by atoms with Gasteiger partial charge in [0.15, 0.2) is 0 Å². The van der Waals surface area contributed by atoms with Crippen LogP contribution in [0.1, 0.15) is 33.2 Å². The van der Waals surface area contributed by atoms with E-state index in [1.54, 1.807) is 54.6 Å². The van der Waals surface area contributed by atoms with E-state index >= 15 is 0 Å². The number of ether oxygens (including phenoxy) is 2. The maximum Gasteiger partial charge on any atom is 0.308 e. The van der Waals surface area contributed by atoms with Crippen molar-refractivity contribution in [2.45, 2.75) is 13.5 Å². The van der Waals surface area contributed by atoms with Crippen LogP contribution >= 0.6 is 11.6 Å². The summed E-state index contributed by atoms with van der Waals surface area (Å²) in [6.07, 6.45) is 0. The van der Waals surface area contributed by atoms with Gasteiger partial charge in [-0.1, -0.05) is 29.8 Å². The number of anilines is 1. The van der Waals surface area contributed by atoms with Crippen molar-refractivity contribution < 1.29 is 23.9 Å². The van der Waals surface area contributed by atoms with Gasteiger partial charge in [0.25, 0.3) is 11.8 Å². The highest BCUT2D eigenvalue weighted by molar-refractivity contribution is 6.31. The van der Waals surface area contributed by atoms with Crippen molar-refractivity contribution in [3.05, 3.63) is 88.4 Å². The van der Waals surface area contributed by atoms with Gasteiger partial charge in [0.2, 0.25) is 0 Å². The number of amides is 2. The lowest BCUT2D eigenvalue weighted by Gasteiger charge is -2.11. The van der Waals surface area contributed by atoms with Gasteiger partial charge < -0.3 is 20.1 Å². The standard InChI is InChI=1S/C24H21ClN2O5/c1-15(28)32-20-5-3-4-17(12-20)23(29)26-14-16-6-9-19(10-7-16)27-24(30)21-13-18(25)8-11-22(21)31-2/h3-13H,14H2,1-2H3,(H,26,29)(H,27,30). The molecule has 0 aliphatic heterocycles. The average Bonchev–Trinajstić information content (AvgIpc) is 2.78. The number of hydrogen-bond donors (Lipinski definition) is 2. The lowest BCUT2D eigenvalue weighted by Crippen LogP contribution is -2.22. The number of benzene rings is 3. The van der Waals surface area contributed by atoms with Gasteiger partial charge in [-0.3, -0.25) is 14.4 Å². The summed E-state index contributed by atoms with van der Waals surface area (Å²) >= 11 is 5.98. The fraction of sp³-hybridized carbons (Fsp3) is 0.125. The summed E-state index contributed by atoms with van der Waals surface area (Å²) in [5.74, 6) is -0.378. The van der Waals surface area contributed by atoms with Crippen LogP contribution in [0.3, 0.4) is 0 Å².